The van der Waals surface area contributed by atoms with Crippen molar-refractivity contribution in [2.24, 2.45) is 0 Å². The molecule has 0 radical (unpaired) electrons. The Balaban J connectivity index is 0.000000143. The number of para-hydroxylation sites is 2. The number of thiophene rings is 2. The van der Waals surface area contributed by atoms with E-state index in [0.29, 0.717) is 0 Å². The molecule has 11 rings (SSSR count). The van der Waals surface area contributed by atoms with Crippen molar-refractivity contribution in [3.05, 3.63) is 150 Å². The number of pyridine rings is 2. The Labute approximate surface area is 342 Å². The van der Waals surface area contributed by atoms with Gasteiger partial charge in [-0.3, -0.25) is 0 Å². The van der Waals surface area contributed by atoms with E-state index >= 15 is 0 Å². The average molecular weight is 828 g/mol. The predicted octanol–water partition coefficient (Wildman–Crippen LogP) is 13.6. The first-order valence-corrected chi connectivity index (χ1v) is 21.2. The Bertz CT molecular complexity index is 3140. The molecule has 56 heavy (non-hydrogen) atoms. The molecule has 0 bridgehead atoms. The van der Waals surface area contributed by atoms with Crippen molar-refractivity contribution in [1.82, 2.24) is 9.97 Å². The summed E-state index contributed by atoms with van der Waals surface area (Å²) in [4.78, 5) is 10.2. The summed E-state index contributed by atoms with van der Waals surface area (Å²) in [6.07, 6.45) is 0. The smallest absolute Gasteiger partial charge is 0.399 e. The SMILES string of the molecule is Brc1cccc(-c2nc3ccccc3c3sc4ccccc4c23)c1.CC1(C)OB(c2cccc(-c3nc4ccccc4c4sc5ccccc5c34)c2)OC1(C)C. The summed E-state index contributed by atoms with van der Waals surface area (Å²) in [5.41, 5.74) is 6.63. The van der Waals surface area contributed by atoms with Crippen LogP contribution in [0.25, 0.3) is 84.7 Å². The Morgan fingerprint density at radius 3 is 1.46 bits per heavy atom. The van der Waals surface area contributed by atoms with Gasteiger partial charge in [0.15, 0.2) is 0 Å². The van der Waals surface area contributed by atoms with Gasteiger partial charge in [0.2, 0.25) is 0 Å². The van der Waals surface area contributed by atoms with Crippen molar-refractivity contribution < 1.29 is 9.31 Å². The lowest BCUT2D eigenvalue weighted by Gasteiger charge is -2.32. The molecule has 4 aromatic heterocycles. The standard InChI is InChI=1S/C27H24BNO2S.C21H12BrNS/c1-26(2)27(3,4)31-28(30-26)18-11-9-10-17(16-18)24-23-20-13-6-8-15-22(20)32-25(23)19-12-5-7-14-21(19)29-24;22-14-7-5-6-13(12-14)20-19-16-9-2-4-11-18(16)24-21(19)15-8-1-3-10-17(15)23-20/h5-16H,1-4H3;1-12H. The first-order chi connectivity index (χ1) is 27.1. The highest BCUT2D eigenvalue weighted by molar-refractivity contribution is 9.10. The van der Waals surface area contributed by atoms with Crippen molar-refractivity contribution in [1.29, 1.82) is 0 Å². The number of hydrogen-bond donors (Lipinski definition) is 0. The van der Waals surface area contributed by atoms with E-state index in [4.69, 9.17) is 19.3 Å². The fraction of sp³-hybridized carbons (Fsp3) is 0.125. The van der Waals surface area contributed by atoms with Gasteiger partial charge >= 0.3 is 7.12 Å². The highest BCUT2D eigenvalue weighted by Gasteiger charge is 2.51. The van der Waals surface area contributed by atoms with E-state index in [-0.39, 0.29) is 11.2 Å². The van der Waals surface area contributed by atoms with Crippen molar-refractivity contribution in [2.75, 3.05) is 0 Å². The van der Waals surface area contributed by atoms with Gasteiger partial charge < -0.3 is 9.31 Å². The third-order valence-electron chi connectivity index (χ3n) is 11.2. The van der Waals surface area contributed by atoms with Crippen molar-refractivity contribution in [2.45, 2.75) is 38.9 Å². The first-order valence-electron chi connectivity index (χ1n) is 18.8. The number of benzene rings is 6. The van der Waals surface area contributed by atoms with Gasteiger partial charge in [0, 0.05) is 66.7 Å². The van der Waals surface area contributed by atoms with Gasteiger partial charge in [-0.2, -0.15) is 0 Å². The molecular formula is C48H36BBrN2O2S2. The van der Waals surface area contributed by atoms with Crippen LogP contribution in [0.4, 0.5) is 0 Å². The molecular weight excluding hydrogens is 791 g/mol. The average Bonchev–Trinajstić information content (AvgIpc) is 3.86. The lowest BCUT2D eigenvalue weighted by molar-refractivity contribution is 0.00578. The van der Waals surface area contributed by atoms with E-state index in [0.717, 1.165) is 43.5 Å². The summed E-state index contributed by atoms with van der Waals surface area (Å²) in [5.74, 6) is 0. The number of fused-ring (bicyclic) bond motifs is 10. The fourth-order valence-corrected chi connectivity index (χ4v) is 10.6. The van der Waals surface area contributed by atoms with E-state index in [1.54, 1.807) is 0 Å². The number of nitrogens with zero attached hydrogens (tertiary/aromatic N) is 2. The fourth-order valence-electron chi connectivity index (χ4n) is 7.68. The van der Waals surface area contributed by atoms with Crippen LogP contribution in [0.15, 0.2) is 150 Å². The molecule has 0 saturated carbocycles. The van der Waals surface area contributed by atoms with Gasteiger partial charge in [0.05, 0.1) is 33.6 Å². The second-order valence-electron chi connectivity index (χ2n) is 15.3. The normalized spacial score (nSPS) is 15.0. The molecule has 0 aliphatic carbocycles. The predicted molar refractivity (Wildman–Crippen MR) is 244 cm³/mol. The van der Waals surface area contributed by atoms with Crippen LogP contribution in [0, 0.1) is 0 Å². The minimum absolute atomic E-state index is 0.369. The molecule has 0 atom stereocenters. The van der Waals surface area contributed by atoms with Crippen LogP contribution in [0.1, 0.15) is 27.7 Å². The summed E-state index contributed by atoms with van der Waals surface area (Å²) in [6.45, 7) is 8.34. The highest BCUT2D eigenvalue weighted by Crippen LogP contribution is 2.44. The topological polar surface area (TPSA) is 44.2 Å². The van der Waals surface area contributed by atoms with Crippen LogP contribution < -0.4 is 5.46 Å². The Kier molecular flexibility index (Phi) is 8.62. The zero-order valence-electron chi connectivity index (χ0n) is 31.3. The third kappa shape index (κ3) is 5.94. The summed E-state index contributed by atoms with van der Waals surface area (Å²) in [6, 6.07) is 50.9. The molecule has 1 fully saturated rings. The maximum Gasteiger partial charge on any atom is 0.494 e. The van der Waals surface area contributed by atoms with Gasteiger partial charge in [-0.15, -0.1) is 22.7 Å². The van der Waals surface area contributed by atoms with Crippen LogP contribution in [0.5, 0.6) is 0 Å². The maximum atomic E-state index is 6.31. The van der Waals surface area contributed by atoms with Gasteiger partial charge in [0.25, 0.3) is 0 Å². The molecule has 4 nitrogen and oxygen atoms in total. The zero-order chi connectivity index (χ0) is 38.2. The Morgan fingerprint density at radius 1 is 0.500 bits per heavy atom. The largest absolute Gasteiger partial charge is 0.494 e. The van der Waals surface area contributed by atoms with E-state index in [9.17, 15) is 0 Å². The van der Waals surface area contributed by atoms with Gasteiger partial charge in [-0.25, -0.2) is 9.97 Å². The monoisotopic (exact) mass is 826 g/mol. The van der Waals surface area contributed by atoms with Crippen LogP contribution in [-0.2, 0) is 9.31 Å². The second kappa shape index (κ2) is 13.6. The van der Waals surface area contributed by atoms with E-state index in [1.165, 1.54) is 51.1 Å². The zero-order valence-corrected chi connectivity index (χ0v) is 34.6. The molecule has 0 amide bonds. The second-order valence-corrected chi connectivity index (χ2v) is 18.3. The molecule has 10 aromatic rings. The molecule has 0 N–H and O–H groups in total. The van der Waals surface area contributed by atoms with E-state index in [1.807, 2.05) is 28.7 Å². The quantitative estimate of drug-likeness (QED) is 0.166. The number of rotatable bonds is 3. The number of aromatic nitrogens is 2. The maximum absolute atomic E-state index is 6.31. The first kappa shape index (κ1) is 35.5. The van der Waals surface area contributed by atoms with E-state index < -0.39 is 7.12 Å². The molecule has 1 aliphatic heterocycles. The Morgan fingerprint density at radius 2 is 0.946 bits per heavy atom. The molecule has 8 heteroatoms. The van der Waals surface area contributed by atoms with Gasteiger partial charge in [0.1, 0.15) is 0 Å². The van der Waals surface area contributed by atoms with Crippen LogP contribution in [-0.4, -0.2) is 28.3 Å². The molecule has 6 aromatic carbocycles. The molecule has 5 heterocycles. The minimum atomic E-state index is -0.393. The Hall–Kier alpha value is -4.96. The number of hydrogen-bond acceptors (Lipinski definition) is 6. The lowest BCUT2D eigenvalue weighted by Crippen LogP contribution is -2.41. The summed E-state index contributed by atoms with van der Waals surface area (Å²) < 4.78 is 18.9. The van der Waals surface area contributed by atoms with Crippen LogP contribution >= 0.6 is 38.6 Å². The molecule has 0 unspecified atom stereocenters. The van der Waals surface area contributed by atoms with Crippen molar-refractivity contribution in [3.63, 3.8) is 0 Å². The summed E-state index contributed by atoms with van der Waals surface area (Å²) >= 11 is 7.28. The van der Waals surface area contributed by atoms with Crippen molar-refractivity contribution >= 4 is 113 Å². The van der Waals surface area contributed by atoms with E-state index in [2.05, 4.69) is 183 Å². The summed E-state index contributed by atoms with van der Waals surface area (Å²) in [7, 11) is -0.393. The lowest BCUT2D eigenvalue weighted by atomic mass is 9.78. The molecule has 272 valence electrons. The van der Waals surface area contributed by atoms with Gasteiger partial charge in [-0.05, 0) is 69.6 Å². The van der Waals surface area contributed by atoms with Crippen LogP contribution in [0.3, 0.4) is 0 Å². The molecule has 0 spiro atoms. The number of halogens is 1. The minimum Gasteiger partial charge on any atom is -0.399 e. The van der Waals surface area contributed by atoms with Gasteiger partial charge in [-0.1, -0.05) is 125 Å². The van der Waals surface area contributed by atoms with Crippen LogP contribution in [0.2, 0.25) is 0 Å². The highest BCUT2D eigenvalue weighted by atomic mass is 79.9. The van der Waals surface area contributed by atoms with Crippen molar-refractivity contribution in [3.8, 4) is 22.5 Å². The molecule has 1 saturated heterocycles. The third-order valence-corrected chi connectivity index (χ3v) is 14.1. The summed E-state index contributed by atoms with van der Waals surface area (Å²) in [5, 5.41) is 7.44. The molecule has 1 aliphatic rings.